The second kappa shape index (κ2) is 10.2. The molecule has 0 unspecified atom stereocenters. The predicted octanol–water partition coefficient (Wildman–Crippen LogP) is 5.52. The number of hydrogen-bond donors (Lipinski definition) is 3. The Morgan fingerprint density at radius 2 is 1.54 bits per heavy atom. The van der Waals surface area contributed by atoms with Crippen LogP contribution >= 0.6 is 0 Å². The lowest BCUT2D eigenvalue weighted by molar-refractivity contribution is -0.144. The summed E-state index contributed by atoms with van der Waals surface area (Å²) in [6.45, 7) is 5.04. The van der Waals surface area contributed by atoms with Gasteiger partial charge < -0.3 is 14.8 Å². The minimum absolute atomic E-state index is 0.0161. The van der Waals surface area contributed by atoms with Crippen molar-refractivity contribution >= 4 is 38.6 Å². The molecule has 3 N–H and O–H groups in total. The number of amides is 1. The van der Waals surface area contributed by atoms with Crippen LogP contribution in [0.3, 0.4) is 0 Å². The summed E-state index contributed by atoms with van der Waals surface area (Å²) < 4.78 is 33.7. The van der Waals surface area contributed by atoms with Gasteiger partial charge in [-0.25, -0.2) is 8.42 Å². The Labute approximate surface area is 215 Å². The highest BCUT2D eigenvalue weighted by Gasteiger charge is 2.38. The number of anilines is 1. The lowest BCUT2D eigenvalue weighted by atomic mass is 9.92. The van der Waals surface area contributed by atoms with Crippen molar-refractivity contribution in [2.24, 2.45) is 5.92 Å². The van der Waals surface area contributed by atoms with Gasteiger partial charge in [0, 0.05) is 11.1 Å². The first kappa shape index (κ1) is 26.1. The maximum Gasteiger partial charge on any atom is 0.324 e. The number of fused-ring (bicyclic) bond motifs is 1. The zero-order valence-corrected chi connectivity index (χ0v) is 21.5. The third-order valence-electron chi connectivity index (χ3n) is 5.94. The zero-order chi connectivity index (χ0) is 26.8. The standard InChI is InChI=1S/C28H28N2O6S/c1-18(2)17-28(3,27(32)33)30-37(34,35)23-14-10-20(11-15-23)19-8-12-22(13-9-19)29-26(31)25-16-21-6-4-5-7-24(21)36-25/h4-16,18,30H,17H2,1-3H3,(H,29,31)(H,32,33)/t28-/m0/s1. The van der Waals surface area contributed by atoms with Crippen LogP contribution in [0.4, 0.5) is 5.69 Å². The van der Waals surface area contributed by atoms with Crippen molar-refractivity contribution in [3.8, 4) is 11.1 Å². The number of rotatable bonds is 9. The number of para-hydroxylation sites is 1. The van der Waals surface area contributed by atoms with Crippen LogP contribution in [0.15, 0.2) is 88.2 Å². The first-order valence-electron chi connectivity index (χ1n) is 11.7. The van der Waals surface area contributed by atoms with Crippen molar-refractivity contribution in [1.29, 1.82) is 0 Å². The zero-order valence-electron chi connectivity index (χ0n) is 20.7. The molecule has 8 nitrogen and oxygen atoms in total. The maximum absolute atomic E-state index is 12.9. The molecular formula is C28H28N2O6S. The highest BCUT2D eigenvalue weighted by atomic mass is 32.2. The SMILES string of the molecule is CC(C)C[C@](C)(NS(=O)(=O)c1ccc(-c2ccc(NC(=O)c3cc4ccccc4o3)cc2)cc1)C(=O)O. The number of hydrogen-bond acceptors (Lipinski definition) is 5. The Bertz CT molecular complexity index is 1510. The lowest BCUT2D eigenvalue weighted by Gasteiger charge is -2.27. The molecule has 0 aliphatic heterocycles. The number of sulfonamides is 1. The molecular weight excluding hydrogens is 492 g/mol. The number of carbonyl (C=O) groups is 2. The molecule has 0 bridgehead atoms. The van der Waals surface area contributed by atoms with Crippen molar-refractivity contribution in [3.05, 3.63) is 84.6 Å². The number of furan rings is 1. The van der Waals surface area contributed by atoms with Crippen LogP contribution in [-0.4, -0.2) is 30.9 Å². The fraction of sp³-hybridized carbons (Fsp3) is 0.214. The molecule has 1 aromatic heterocycles. The van der Waals surface area contributed by atoms with Gasteiger partial charge in [-0.2, -0.15) is 4.72 Å². The fourth-order valence-corrected chi connectivity index (χ4v) is 5.58. The smallest absolute Gasteiger partial charge is 0.324 e. The van der Waals surface area contributed by atoms with Crippen LogP contribution in [0.25, 0.3) is 22.1 Å². The quantitative estimate of drug-likeness (QED) is 0.267. The number of nitrogens with one attached hydrogen (secondary N) is 2. The molecule has 0 radical (unpaired) electrons. The normalized spacial score (nSPS) is 13.4. The summed E-state index contributed by atoms with van der Waals surface area (Å²) in [4.78, 5) is 24.3. The summed E-state index contributed by atoms with van der Waals surface area (Å²) in [6.07, 6.45) is 0.152. The minimum atomic E-state index is -4.05. The summed E-state index contributed by atoms with van der Waals surface area (Å²) in [5.74, 6) is -1.40. The van der Waals surface area contributed by atoms with E-state index in [1.165, 1.54) is 19.1 Å². The number of carboxylic acids is 1. The van der Waals surface area contributed by atoms with Crippen LogP contribution in [-0.2, 0) is 14.8 Å². The second-order valence-corrected chi connectivity index (χ2v) is 11.2. The fourth-order valence-electron chi connectivity index (χ4n) is 4.20. The van der Waals surface area contributed by atoms with Crippen molar-refractivity contribution in [1.82, 2.24) is 4.72 Å². The van der Waals surface area contributed by atoms with Crippen molar-refractivity contribution < 1.29 is 27.5 Å². The molecule has 0 saturated carbocycles. The monoisotopic (exact) mass is 520 g/mol. The molecule has 4 rings (SSSR count). The molecule has 0 saturated heterocycles. The van der Waals surface area contributed by atoms with Gasteiger partial charge in [0.1, 0.15) is 11.1 Å². The molecule has 1 amide bonds. The van der Waals surface area contributed by atoms with Crippen LogP contribution in [0, 0.1) is 5.92 Å². The number of aliphatic carboxylic acids is 1. The Balaban J connectivity index is 1.46. The van der Waals surface area contributed by atoms with E-state index in [1.54, 1.807) is 48.5 Å². The third-order valence-corrected chi connectivity index (χ3v) is 7.55. The molecule has 1 heterocycles. The highest BCUT2D eigenvalue weighted by Crippen LogP contribution is 2.26. The van der Waals surface area contributed by atoms with E-state index in [1.807, 2.05) is 32.0 Å². The molecule has 0 aliphatic carbocycles. The first-order chi connectivity index (χ1) is 17.5. The first-order valence-corrected chi connectivity index (χ1v) is 13.2. The van der Waals surface area contributed by atoms with Gasteiger partial charge in [-0.1, -0.05) is 56.3 Å². The summed E-state index contributed by atoms with van der Waals surface area (Å²) in [5, 5.41) is 13.2. The summed E-state index contributed by atoms with van der Waals surface area (Å²) in [5.41, 5.74) is 1.17. The molecule has 9 heteroatoms. The van der Waals surface area contributed by atoms with Gasteiger partial charge in [0.25, 0.3) is 5.91 Å². The van der Waals surface area contributed by atoms with Gasteiger partial charge in [0.15, 0.2) is 5.76 Å². The number of benzene rings is 3. The van der Waals surface area contributed by atoms with E-state index in [-0.39, 0.29) is 28.9 Å². The average molecular weight is 521 g/mol. The van der Waals surface area contributed by atoms with Gasteiger partial charge in [-0.15, -0.1) is 0 Å². The Kier molecular flexibility index (Phi) is 7.20. The maximum atomic E-state index is 12.9. The van der Waals surface area contributed by atoms with Gasteiger partial charge in [-0.3, -0.25) is 9.59 Å². The molecule has 0 fully saturated rings. The van der Waals surface area contributed by atoms with Crippen molar-refractivity contribution in [3.63, 3.8) is 0 Å². The largest absolute Gasteiger partial charge is 0.480 e. The topological polar surface area (TPSA) is 126 Å². The van der Waals surface area contributed by atoms with Gasteiger partial charge in [0.05, 0.1) is 4.90 Å². The van der Waals surface area contributed by atoms with Crippen LogP contribution in [0.1, 0.15) is 37.7 Å². The molecule has 0 spiro atoms. The lowest BCUT2D eigenvalue weighted by Crippen LogP contribution is -2.52. The van der Waals surface area contributed by atoms with Crippen LogP contribution in [0.2, 0.25) is 0 Å². The molecule has 192 valence electrons. The van der Waals surface area contributed by atoms with E-state index in [0.717, 1.165) is 16.5 Å². The van der Waals surface area contributed by atoms with Gasteiger partial charge >= 0.3 is 5.97 Å². The molecule has 0 aliphatic rings. The van der Waals surface area contributed by atoms with Crippen molar-refractivity contribution in [2.45, 2.75) is 37.6 Å². The molecule has 4 aromatic rings. The Morgan fingerprint density at radius 1 is 0.946 bits per heavy atom. The van der Waals surface area contributed by atoms with Crippen molar-refractivity contribution in [2.75, 3.05) is 5.32 Å². The van der Waals surface area contributed by atoms with Gasteiger partial charge in [-0.05, 0) is 66.8 Å². The average Bonchev–Trinajstić information content (AvgIpc) is 3.28. The van der Waals surface area contributed by atoms with E-state index in [9.17, 15) is 23.1 Å². The molecule has 1 atom stereocenters. The van der Waals surface area contributed by atoms with E-state index >= 15 is 0 Å². The second-order valence-electron chi connectivity index (χ2n) is 9.55. The van der Waals surface area contributed by atoms with Crippen LogP contribution < -0.4 is 10.0 Å². The minimum Gasteiger partial charge on any atom is -0.480 e. The Morgan fingerprint density at radius 3 is 2.11 bits per heavy atom. The summed E-state index contributed by atoms with van der Waals surface area (Å²) in [7, 11) is -4.05. The van der Waals surface area contributed by atoms with E-state index in [0.29, 0.717) is 11.3 Å². The predicted molar refractivity (Wildman–Crippen MR) is 142 cm³/mol. The number of carboxylic acid groups (broad SMARTS) is 1. The summed E-state index contributed by atoms with van der Waals surface area (Å²) in [6, 6.07) is 22.3. The summed E-state index contributed by atoms with van der Waals surface area (Å²) >= 11 is 0. The Hall–Kier alpha value is -3.95. The van der Waals surface area contributed by atoms with Crippen LogP contribution in [0.5, 0.6) is 0 Å². The van der Waals surface area contributed by atoms with E-state index < -0.39 is 21.5 Å². The third kappa shape index (κ3) is 5.90. The highest BCUT2D eigenvalue weighted by molar-refractivity contribution is 7.89. The van der Waals surface area contributed by atoms with Gasteiger partial charge in [0.2, 0.25) is 10.0 Å². The molecule has 3 aromatic carbocycles. The van der Waals surface area contributed by atoms with E-state index in [4.69, 9.17) is 4.42 Å². The number of carbonyl (C=O) groups excluding carboxylic acids is 1. The van der Waals surface area contributed by atoms with E-state index in [2.05, 4.69) is 10.0 Å². The molecule has 37 heavy (non-hydrogen) atoms.